The predicted octanol–water partition coefficient (Wildman–Crippen LogP) is 6.79. The van der Waals surface area contributed by atoms with E-state index < -0.39 is 53.6 Å². The van der Waals surface area contributed by atoms with Gasteiger partial charge in [0.1, 0.15) is 27.1 Å². The first kappa shape index (κ1) is 25.2. The molecule has 0 amide bonds. The van der Waals surface area contributed by atoms with E-state index in [0.29, 0.717) is 11.4 Å². The Morgan fingerprint density at radius 3 is 1.61 bits per heavy atom. The highest BCUT2D eigenvalue weighted by Gasteiger charge is 2.29. The molecule has 0 aromatic heterocycles. The number of fused-ring (bicyclic) bond motifs is 1. The zero-order chi connectivity index (χ0) is 26.1. The summed E-state index contributed by atoms with van der Waals surface area (Å²) in [6.07, 6.45) is 0. The van der Waals surface area contributed by atoms with Crippen molar-refractivity contribution in [3.63, 3.8) is 0 Å². The fraction of sp³-hybridized carbons (Fsp3) is 0. The van der Waals surface area contributed by atoms with Crippen LogP contribution in [0.1, 0.15) is 0 Å². The summed E-state index contributed by atoms with van der Waals surface area (Å²) in [6.45, 7) is 0. The molecule has 0 heterocycles. The molecular weight excluding hydrogens is 510 g/mol. The Hall–Kier alpha value is -3.92. The van der Waals surface area contributed by atoms with E-state index in [2.05, 4.69) is 20.5 Å². The molecule has 0 radical (unpaired) electrons. The monoisotopic (exact) mass is 529 g/mol. The lowest BCUT2D eigenvalue weighted by Crippen LogP contribution is -2.03. The summed E-state index contributed by atoms with van der Waals surface area (Å²) in [5.74, 6) is -0.744. The van der Waals surface area contributed by atoms with Gasteiger partial charge in [-0.2, -0.15) is 18.6 Å². The molecule has 0 saturated carbocycles. The fourth-order valence-corrected chi connectivity index (χ4v) is 4.67. The Morgan fingerprint density at radius 1 is 0.667 bits per heavy atom. The molecule has 7 N–H and O–H groups in total. The van der Waals surface area contributed by atoms with E-state index in [1.54, 1.807) is 60.7 Å². The van der Waals surface area contributed by atoms with Gasteiger partial charge in [0.25, 0.3) is 10.1 Å². The number of benzene rings is 4. The van der Waals surface area contributed by atoms with Crippen molar-refractivity contribution < 1.29 is 31.7 Å². The number of phenolic OH excluding ortho intramolecular Hbond substituents is 1. The van der Waals surface area contributed by atoms with Gasteiger partial charge in [-0.15, -0.1) is 10.2 Å². The van der Waals surface area contributed by atoms with Crippen molar-refractivity contribution in [1.29, 1.82) is 0 Å². The second kappa shape index (κ2) is 9.62. The molecule has 0 aliphatic rings. The quantitative estimate of drug-likeness (QED) is 0.0886. The number of azo groups is 2. The Morgan fingerprint density at radius 2 is 1.14 bits per heavy atom. The summed E-state index contributed by atoms with van der Waals surface area (Å²) in [4.78, 5) is -1.41. The minimum Gasteiger partial charge on any atom is -0.505 e. The van der Waals surface area contributed by atoms with Gasteiger partial charge in [0.2, 0.25) is 0 Å². The normalized spacial score (nSPS) is 13.1. The summed E-state index contributed by atoms with van der Waals surface area (Å²) in [7, 11) is -9.39. The van der Waals surface area contributed by atoms with Gasteiger partial charge in [-0.3, -0.25) is 4.55 Å². The fourth-order valence-electron chi connectivity index (χ4n) is 3.32. The molecule has 0 unspecified atom stereocenters. The lowest BCUT2D eigenvalue weighted by atomic mass is 10.1. The van der Waals surface area contributed by atoms with Crippen molar-refractivity contribution in [2.45, 2.75) is 9.79 Å². The number of rotatable bonds is 6. The van der Waals surface area contributed by atoms with E-state index in [-0.39, 0.29) is 10.8 Å². The lowest BCUT2D eigenvalue weighted by Gasteiger charge is -2.22. The predicted molar refractivity (Wildman–Crippen MR) is 135 cm³/mol. The summed E-state index contributed by atoms with van der Waals surface area (Å²) >= 11 is 0. The molecule has 0 saturated heterocycles. The van der Waals surface area contributed by atoms with Gasteiger partial charge in [-0.25, -0.2) is 0 Å². The van der Waals surface area contributed by atoms with Gasteiger partial charge in [-0.05, 0) is 41.8 Å². The van der Waals surface area contributed by atoms with Crippen LogP contribution in [-0.2, 0) is 10.1 Å². The van der Waals surface area contributed by atoms with Crippen LogP contribution in [0.15, 0.2) is 103 Å². The van der Waals surface area contributed by atoms with Gasteiger partial charge >= 0.3 is 0 Å². The summed E-state index contributed by atoms with van der Waals surface area (Å²) in [5.41, 5.74) is 5.47. The van der Waals surface area contributed by atoms with Crippen molar-refractivity contribution in [3.05, 3.63) is 72.8 Å². The Labute approximate surface area is 206 Å². The summed E-state index contributed by atoms with van der Waals surface area (Å²) in [6, 6.07) is 18.4. The first-order valence-corrected chi connectivity index (χ1v) is 12.9. The molecule has 0 aliphatic carbocycles. The second-order valence-corrected chi connectivity index (χ2v) is 10.2. The van der Waals surface area contributed by atoms with Crippen molar-refractivity contribution in [2.24, 2.45) is 20.5 Å². The molecule has 12 nitrogen and oxygen atoms in total. The molecule has 4 aromatic carbocycles. The topological polar surface area (TPSA) is 211 Å². The third-order valence-corrected chi connectivity index (χ3v) is 6.70. The number of nitrogen functional groups attached to an aromatic ring is 1. The number of nitrogens with two attached hydrogens (primary N) is 1. The molecular formula is C22H19N5O7S2. The highest BCUT2D eigenvalue weighted by Crippen LogP contribution is 2.56. The third-order valence-electron chi connectivity index (χ3n) is 4.93. The zero-order valence-electron chi connectivity index (χ0n) is 18.2. The molecule has 36 heavy (non-hydrogen) atoms. The molecule has 4 aromatic rings. The van der Waals surface area contributed by atoms with Crippen LogP contribution < -0.4 is 5.73 Å². The Kier molecular flexibility index (Phi) is 6.73. The van der Waals surface area contributed by atoms with Gasteiger partial charge in [0.05, 0.1) is 27.3 Å². The van der Waals surface area contributed by atoms with Crippen LogP contribution in [0.5, 0.6) is 5.75 Å². The maximum Gasteiger partial charge on any atom is 0.296 e. The summed E-state index contributed by atoms with van der Waals surface area (Å²) < 4.78 is 63.9. The molecule has 186 valence electrons. The number of anilines is 1. The first-order valence-electron chi connectivity index (χ1n) is 10.0. The highest BCUT2D eigenvalue weighted by molar-refractivity contribution is 8.19. The smallest absolute Gasteiger partial charge is 0.296 e. The molecule has 0 aliphatic heterocycles. The van der Waals surface area contributed by atoms with Crippen LogP contribution >= 0.6 is 10.9 Å². The van der Waals surface area contributed by atoms with Crippen molar-refractivity contribution in [3.8, 4) is 5.75 Å². The van der Waals surface area contributed by atoms with Gasteiger partial charge in [-0.1, -0.05) is 36.4 Å². The number of hydrogen-bond donors (Lipinski definition) is 6. The minimum atomic E-state index is -4.91. The van der Waals surface area contributed by atoms with Crippen molar-refractivity contribution in [1.82, 2.24) is 0 Å². The molecule has 0 spiro atoms. The van der Waals surface area contributed by atoms with Crippen LogP contribution in [0, 0.1) is 0 Å². The van der Waals surface area contributed by atoms with Crippen LogP contribution in [-0.4, -0.2) is 31.7 Å². The molecule has 14 heteroatoms. The third kappa shape index (κ3) is 5.18. The van der Waals surface area contributed by atoms with E-state index in [0.717, 1.165) is 12.1 Å². The van der Waals surface area contributed by atoms with E-state index in [1.165, 1.54) is 0 Å². The molecule has 0 bridgehead atoms. The van der Waals surface area contributed by atoms with Crippen molar-refractivity contribution >= 4 is 60.2 Å². The number of nitrogens with zero attached hydrogens (tertiary/aromatic N) is 4. The highest BCUT2D eigenvalue weighted by atomic mass is 32.3. The Bertz CT molecular complexity index is 1610. The largest absolute Gasteiger partial charge is 0.505 e. The lowest BCUT2D eigenvalue weighted by molar-refractivity contribution is 0.375. The van der Waals surface area contributed by atoms with Crippen LogP contribution in [0.4, 0.5) is 28.4 Å². The number of phenols is 1. The van der Waals surface area contributed by atoms with E-state index >= 15 is 0 Å². The Balaban J connectivity index is 2.02. The maximum absolute atomic E-state index is 12.1. The SMILES string of the molecule is Nc1c(N=Nc2ccccc2)c(S(=O)(=O)O)cc2cc(S(O)(O)O)c(N=Nc3ccccc3)c(O)c12. The minimum absolute atomic E-state index is 0.168. The first-order chi connectivity index (χ1) is 17.0. The molecule has 4 rings (SSSR count). The average Bonchev–Trinajstić information content (AvgIpc) is 2.82. The standard InChI is InChI=1S/C22H19N5O7S2/c23-19-18-13(11-16(35(29,30)31)20(19)26-24-14-7-3-1-4-8-14)12-17(36(32,33)34)21(22(18)28)27-25-15-9-5-2-6-10-15/h1-12,28,32-34H,23H2,(H,29,30,31). The van der Waals surface area contributed by atoms with Gasteiger partial charge in [0.15, 0.2) is 5.75 Å². The van der Waals surface area contributed by atoms with Gasteiger partial charge < -0.3 is 24.5 Å². The van der Waals surface area contributed by atoms with Crippen molar-refractivity contribution in [2.75, 3.05) is 5.73 Å². The van der Waals surface area contributed by atoms with E-state index in [9.17, 15) is 31.7 Å². The second-order valence-electron chi connectivity index (χ2n) is 7.37. The van der Waals surface area contributed by atoms with E-state index in [4.69, 9.17) is 5.73 Å². The van der Waals surface area contributed by atoms with Crippen LogP contribution in [0.3, 0.4) is 0 Å². The summed E-state index contributed by atoms with van der Waals surface area (Å²) in [5, 5.41) is 26.3. The molecule has 0 fully saturated rings. The number of aromatic hydroxyl groups is 1. The molecule has 0 atom stereocenters. The van der Waals surface area contributed by atoms with E-state index in [1.807, 2.05) is 0 Å². The maximum atomic E-state index is 12.1. The van der Waals surface area contributed by atoms with Gasteiger partial charge in [0, 0.05) is 0 Å². The average molecular weight is 530 g/mol. The number of hydrogen-bond acceptors (Lipinski definition) is 11. The van der Waals surface area contributed by atoms with Crippen LogP contribution in [0.2, 0.25) is 0 Å². The van der Waals surface area contributed by atoms with Crippen LogP contribution in [0.25, 0.3) is 10.8 Å². The zero-order valence-corrected chi connectivity index (χ0v) is 19.8.